The molecular weight excluding hydrogens is 260 g/mol. The lowest BCUT2D eigenvalue weighted by Gasteiger charge is -2.12. The molecule has 4 aromatic rings. The molecule has 0 amide bonds. The molecule has 4 rings (SSSR count). The van der Waals surface area contributed by atoms with Crippen LogP contribution in [-0.4, -0.2) is 10.2 Å². The number of aryl methyl sites for hydroxylation is 1. The zero-order valence-electron chi connectivity index (χ0n) is 11.6. The summed E-state index contributed by atoms with van der Waals surface area (Å²) in [6.45, 7) is 2.08. The first-order valence-electron chi connectivity index (χ1n) is 6.92. The van der Waals surface area contributed by atoms with Gasteiger partial charge in [0.15, 0.2) is 11.5 Å². The number of aromatic hydroxyl groups is 2. The third-order valence-corrected chi connectivity index (χ3v) is 4.17. The van der Waals surface area contributed by atoms with Crippen LogP contribution in [0.2, 0.25) is 0 Å². The first kappa shape index (κ1) is 12.0. The second-order valence-corrected chi connectivity index (χ2v) is 5.43. The second kappa shape index (κ2) is 4.13. The van der Waals surface area contributed by atoms with Gasteiger partial charge in [0.25, 0.3) is 0 Å². The predicted octanol–water partition coefficient (Wildman–Crippen LogP) is 4.87. The van der Waals surface area contributed by atoms with Crippen LogP contribution in [0.1, 0.15) is 5.56 Å². The van der Waals surface area contributed by atoms with Crippen molar-refractivity contribution in [3.8, 4) is 11.5 Å². The topological polar surface area (TPSA) is 40.5 Å². The van der Waals surface area contributed by atoms with Crippen molar-refractivity contribution in [3.63, 3.8) is 0 Å². The molecule has 21 heavy (non-hydrogen) atoms. The lowest BCUT2D eigenvalue weighted by Crippen LogP contribution is -1.85. The van der Waals surface area contributed by atoms with Crippen LogP contribution in [0.4, 0.5) is 0 Å². The minimum absolute atomic E-state index is 0.0537. The van der Waals surface area contributed by atoms with Crippen LogP contribution in [0.15, 0.2) is 54.6 Å². The highest BCUT2D eigenvalue weighted by atomic mass is 16.3. The number of hydrogen-bond donors (Lipinski definition) is 2. The molecule has 0 fully saturated rings. The molecule has 0 aliphatic heterocycles. The van der Waals surface area contributed by atoms with Gasteiger partial charge in [0.1, 0.15) is 0 Å². The molecule has 0 saturated heterocycles. The molecular formula is C19H14O2. The molecule has 102 valence electrons. The van der Waals surface area contributed by atoms with Gasteiger partial charge in [0, 0.05) is 5.39 Å². The van der Waals surface area contributed by atoms with E-state index in [0.29, 0.717) is 5.39 Å². The van der Waals surface area contributed by atoms with Gasteiger partial charge in [-0.15, -0.1) is 0 Å². The van der Waals surface area contributed by atoms with Crippen molar-refractivity contribution in [2.24, 2.45) is 0 Å². The maximum Gasteiger partial charge on any atom is 0.165 e. The smallest absolute Gasteiger partial charge is 0.165 e. The summed E-state index contributed by atoms with van der Waals surface area (Å²) in [5.41, 5.74) is 1.17. The summed E-state index contributed by atoms with van der Waals surface area (Å²) < 4.78 is 0. The summed E-state index contributed by atoms with van der Waals surface area (Å²) in [6.07, 6.45) is 0. The summed E-state index contributed by atoms with van der Waals surface area (Å²) in [5, 5.41) is 26.1. The Hall–Kier alpha value is -2.74. The zero-order chi connectivity index (χ0) is 14.6. The van der Waals surface area contributed by atoms with Crippen molar-refractivity contribution in [1.82, 2.24) is 0 Å². The summed E-state index contributed by atoms with van der Waals surface area (Å²) in [4.78, 5) is 0. The van der Waals surface area contributed by atoms with Crippen molar-refractivity contribution in [3.05, 3.63) is 60.2 Å². The molecule has 0 bridgehead atoms. The van der Waals surface area contributed by atoms with Crippen molar-refractivity contribution < 1.29 is 10.2 Å². The van der Waals surface area contributed by atoms with Crippen molar-refractivity contribution in [1.29, 1.82) is 0 Å². The molecule has 4 aromatic carbocycles. The number of benzene rings is 4. The van der Waals surface area contributed by atoms with E-state index in [1.807, 2.05) is 30.3 Å². The lowest BCUT2D eigenvalue weighted by atomic mass is 9.93. The van der Waals surface area contributed by atoms with E-state index in [9.17, 15) is 10.2 Å². The summed E-state index contributed by atoms with van der Waals surface area (Å²) in [5.74, 6) is -0.137. The van der Waals surface area contributed by atoms with E-state index >= 15 is 0 Å². The molecule has 0 atom stereocenters. The first-order chi connectivity index (χ1) is 10.2. The average molecular weight is 274 g/mol. The van der Waals surface area contributed by atoms with Crippen molar-refractivity contribution in [2.45, 2.75) is 6.92 Å². The van der Waals surface area contributed by atoms with Crippen LogP contribution in [0.5, 0.6) is 11.5 Å². The molecule has 0 aliphatic carbocycles. The molecule has 0 radical (unpaired) electrons. The Morgan fingerprint density at radius 1 is 0.714 bits per heavy atom. The van der Waals surface area contributed by atoms with Crippen LogP contribution < -0.4 is 0 Å². The van der Waals surface area contributed by atoms with E-state index < -0.39 is 0 Å². The predicted molar refractivity (Wildman–Crippen MR) is 87.0 cm³/mol. The first-order valence-corrected chi connectivity index (χ1v) is 6.92. The Bertz CT molecular complexity index is 1020. The molecule has 0 saturated carbocycles. The fourth-order valence-corrected chi connectivity index (χ4v) is 3.20. The minimum atomic E-state index is -0.0831. The Labute approximate surface area is 121 Å². The number of hydrogen-bond acceptors (Lipinski definition) is 2. The van der Waals surface area contributed by atoms with Gasteiger partial charge in [-0.05, 0) is 57.6 Å². The van der Waals surface area contributed by atoms with E-state index in [1.165, 1.54) is 21.7 Å². The van der Waals surface area contributed by atoms with Crippen LogP contribution in [0.3, 0.4) is 0 Å². The molecule has 0 aliphatic rings. The largest absolute Gasteiger partial charge is 0.504 e. The SMILES string of the molecule is Cc1cc2ccccc2c2ccc3c(O)c(O)ccc3c12. The standard InChI is InChI=1S/C19H14O2/c1-11-10-12-4-2-3-5-13(12)14-6-7-16-15(18(11)14)8-9-17(20)19(16)21/h2-10,20-21H,1H3. The molecule has 2 heteroatoms. The number of phenols is 2. The van der Waals surface area contributed by atoms with Crippen molar-refractivity contribution >= 4 is 32.3 Å². The Morgan fingerprint density at radius 3 is 2.24 bits per heavy atom. The highest BCUT2D eigenvalue weighted by Crippen LogP contribution is 2.40. The van der Waals surface area contributed by atoms with E-state index in [4.69, 9.17) is 0 Å². The minimum Gasteiger partial charge on any atom is -0.504 e. The Morgan fingerprint density at radius 2 is 1.38 bits per heavy atom. The summed E-state index contributed by atoms with van der Waals surface area (Å²) >= 11 is 0. The third kappa shape index (κ3) is 1.59. The number of rotatable bonds is 0. The number of fused-ring (bicyclic) bond motifs is 5. The van der Waals surface area contributed by atoms with Gasteiger partial charge < -0.3 is 10.2 Å². The zero-order valence-corrected chi connectivity index (χ0v) is 11.6. The van der Waals surface area contributed by atoms with E-state index in [-0.39, 0.29) is 11.5 Å². The van der Waals surface area contributed by atoms with Crippen LogP contribution >= 0.6 is 0 Å². The Kier molecular flexibility index (Phi) is 2.36. The van der Waals surface area contributed by atoms with Crippen molar-refractivity contribution in [2.75, 3.05) is 0 Å². The van der Waals surface area contributed by atoms with Crippen LogP contribution in [-0.2, 0) is 0 Å². The molecule has 2 nitrogen and oxygen atoms in total. The fourth-order valence-electron chi connectivity index (χ4n) is 3.20. The molecule has 0 unspecified atom stereocenters. The van der Waals surface area contributed by atoms with Gasteiger partial charge in [0.2, 0.25) is 0 Å². The van der Waals surface area contributed by atoms with Gasteiger partial charge in [-0.1, -0.05) is 36.4 Å². The van der Waals surface area contributed by atoms with Gasteiger partial charge in [-0.25, -0.2) is 0 Å². The monoisotopic (exact) mass is 274 g/mol. The molecule has 0 heterocycles. The second-order valence-electron chi connectivity index (χ2n) is 5.43. The average Bonchev–Trinajstić information content (AvgIpc) is 2.50. The van der Waals surface area contributed by atoms with E-state index in [2.05, 4.69) is 25.1 Å². The van der Waals surface area contributed by atoms with Gasteiger partial charge in [-0.3, -0.25) is 0 Å². The summed E-state index contributed by atoms with van der Waals surface area (Å²) in [6, 6.07) is 17.8. The quantitative estimate of drug-likeness (QED) is 0.355. The normalized spacial score (nSPS) is 11.5. The summed E-state index contributed by atoms with van der Waals surface area (Å²) in [7, 11) is 0. The fraction of sp³-hybridized carbons (Fsp3) is 0.0526. The van der Waals surface area contributed by atoms with Crippen LogP contribution in [0.25, 0.3) is 32.3 Å². The van der Waals surface area contributed by atoms with E-state index in [0.717, 1.165) is 10.8 Å². The van der Waals surface area contributed by atoms with Gasteiger partial charge in [0.05, 0.1) is 0 Å². The Balaban J connectivity index is 2.32. The van der Waals surface area contributed by atoms with Crippen LogP contribution in [0, 0.1) is 6.92 Å². The lowest BCUT2D eigenvalue weighted by molar-refractivity contribution is 0.408. The molecule has 0 aromatic heterocycles. The third-order valence-electron chi connectivity index (χ3n) is 4.17. The van der Waals surface area contributed by atoms with Gasteiger partial charge in [-0.2, -0.15) is 0 Å². The van der Waals surface area contributed by atoms with E-state index in [1.54, 1.807) is 6.07 Å². The highest BCUT2D eigenvalue weighted by Gasteiger charge is 2.11. The molecule has 0 spiro atoms. The highest BCUT2D eigenvalue weighted by molar-refractivity contribution is 6.19. The maximum absolute atomic E-state index is 10.1. The molecule has 2 N–H and O–H groups in total. The van der Waals surface area contributed by atoms with Gasteiger partial charge >= 0.3 is 0 Å². The number of phenolic OH excluding ortho intramolecular Hbond substituents is 2. The maximum atomic E-state index is 10.1.